The molecule has 1 fully saturated rings. The number of pyridine rings is 1. The largest absolute Gasteiger partial charge is 0.374 e. The molecule has 1 aromatic heterocycles. The van der Waals surface area contributed by atoms with Gasteiger partial charge in [-0.2, -0.15) is 0 Å². The number of rotatable bonds is 4. The van der Waals surface area contributed by atoms with E-state index in [1.54, 1.807) is 24.5 Å². The fourth-order valence-electron chi connectivity index (χ4n) is 2.91. The van der Waals surface area contributed by atoms with Gasteiger partial charge in [0.2, 0.25) is 0 Å². The van der Waals surface area contributed by atoms with Gasteiger partial charge in [-0.1, -0.05) is 30.3 Å². The van der Waals surface area contributed by atoms with E-state index in [-0.39, 0.29) is 18.1 Å². The second-order valence-corrected chi connectivity index (χ2v) is 6.02. The molecule has 0 saturated carbocycles. The Labute approximate surface area is 137 Å². The second-order valence-electron chi connectivity index (χ2n) is 6.02. The summed E-state index contributed by atoms with van der Waals surface area (Å²) in [4.78, 5) is 18.6. The van der Waals surface area contributed by atoms with Crippen molar-refractivity contribution in [2.75, 3.05) is 13.2 Å². The Morgan fingerprint density at radius 3 is 2.70 bits per heavy atom. The van der Waals surface area contributed by atoms with Gasteiger partial charge in [0.05, 0.1) is 18.8 Å². The van der Waals surface area contributed by atoms with Crippen LogP contribution in [-0.4, -0.2) is 41.1 Å². The summed E-state index contributed by atoms with van der Waals surface area (Å²) in [6, 6.07) is 14.0. The van der Waals surface area contributed by atoms with Crippen LogP contribution < -0.4 is 0 Å². The van der Waals surface area contributed by atoms with Crippen LogP contribution in [0.2, 0.25) is 0 Å². The van der Waals surface area contributed by atoms with Crippen molar-refractivity contribution in [3.63, 3.8) is 0 Å². The molecule has 2 atom stereocenters. The van der Waals surface area contributed by atoms with Crippen molar-refractivity contribution in [3.05, 3.63) is 66.0 Å². The van der Waals surface area contributed by atoms with Crippen molar-refractivity contribution in [3.8, 4) is 0 Å². The number of aromatic nitrogens is 1. The molecule has 2 heterocycles. The number of carbonyl (C=O) groups is 1. The smallest absolute Gasteiger partial charge is 0.254 e. The van der Waals surface area contributed by atoms with Gasteiger partial charge in [0.15, 0.2) is 0 Å². The third-order valence-corrected chi connectivity index (χ3v) is 4.29. The summed E-state index contributed by atoms with van der Waals surface area (Å²) in [6.45, 7) is 3.28. The minimum Gasteiger partial charge on any atom is -0.374 e. The highest BCUT2D eigenvalue weighted by Crippen LogP contribution is 2.18. The zero-order chi connectivity index (χ0) is 16.1. The average molecular weight is 310 g/mol. The van der Waals surface area contributed by atoms with Crippen LogP contribution in [0.1, 0.15) is 29.3 Å². The van der Waals surface area contributed by atoms with E-state index in [0.29, 0.717) is 18.7 Å². The molecule has 4 heteroatoms. The van der Waals surface area contributed by atoms with Crippen LogP contribution in [0.4, 0.5) is 0 Å². The molecular formula is C19H22N2O2. The maximum absolute atomic E-state index is 12.7. The van der Waals surface area contributed by atoms with Crippen LogP contribution >= 0.6 is 0 Å². The Balaban J connectivity index is 1.61. The number of morpholine rings is 1. The molecule has 0 N–H and O–H groups in total. The number of aryl methyl sites for hydroxylation is 1. The highest BCUT2D eigenvalue weighted by Gasteiger charge is 2.29. The molecule has 0 bridgehead atoms. The van der Waals surface area contributed by atoms with Gasteiger partial charge in [-0.15, -0.1) is 0 Å². The highest BCUT2D eigenvalue weighted by atomic mass is 16.5. The van der Waals surface area contributed by atoms with Gasteiger partial charge >= 0.3 is 0 Å². The van der Waals surface area contributed by atoms with Crippen molar-refractivity contribution in [2.45, 2.75) is 31.9 Å². The van der Waals surface area contributed by atoms with Crippen LogP contribution in [0.3, 0.4) is 0 Å². The van der Waals surface area contributed by atoms with E-state index in [9.17, 15) is 4.79 Å². The van der Waals surface area contributed by atoms with E-state index >= 15 is 0 Å². The van der Waals surface area contributed by atoms with Crippen LogP contribution in [0.25, 0.3) is 0 Å². The van der Waals surface area contributed by atoms with Gasteiger partial charge in [0.1, 0.15) is 0 Å². The monoisotopic (exact) mass is 310 g/mol. The number of benzene rings is 1. The molecule has 1 aliphatic heterocycles. The van der Waals surface area contributed by atoms with E-state index in [2.05, 4.69) is 29.2 Å². The lowest BCUT2D eigenvalue weighted by molar-refractivity contribution is -0.0497. The number of carbonyl (C=O) groups excluding carboxylic acids is 1. The summed E-state index contributed by atoms with van der Waals surface area (Å²) in [5.74, 6) is 0.0629. The van der Waals surface area contributed by atoms with Gasteiger partial charge in [0.25, 0.3) is 5.91 Å². The Morgan fingerprint density at radius 1 is 1.22 bits per heavy atom. The molecule has 2 unspecified atom stereocenters. The first-order valence-electron chi connectivity index (χ1n) is 8.10. The lowest BCUT2D eigenvalue weighted by Crippen LogP contribution is -2.51. The number of hydrogen-bond donors (Lipinski definition) is 0. The number of ether oxygens (including phenoxy) is 1. The van der Waals surface area contributed by atoms with Gasteiger partial charge < -0.3 is 9.64 Å². The van der Waals surface area contributed by atoms with Gasteiger partial charge in [0, 0.05) is 24.5 Å². The van der Waals surface area contributed by atoms with Gasteiger partial charge in [-0.05, 0) is 37.5 Å². The summed E-state index contributed by atoms with van der Waals surface area (Å²) in [7, 11) is 0. The summed E-state index contributed by atoms with van der Waals surface area (Å²) in [5, 5.41) is 0. The molecule has 0 spiro atoms. The van der Waals surface area contributed by atoms with E-state index in [1.165, 1.54) is 5.56 Å². The minimum atomic E-state index is 0.0629. The van der Waals surface area contributed by atoms with Crippen LogP contribution in [0.5, 0.6) is 0 Å². The normalized spacial score (nSPS) is 21.2. The molecule has 23 heavy (non-hydrogen) atoms. The lowest BCUT2D eigenvalue weighted by atomic mass is 10.0. The molecule has 1 aromatic carbocycles. The summed E-state index contributed by atoms with van der Waals surface area (Å²) >= 11 is 0. The molecule has 0 aliphatic carbocycles. The molecule has 120 valence electrons. The molecule has 4 nitrogen and oxygen atoms in total. The second kappa shape index (κ2) is 7.38. The van der Waals surface area contributed by atoms with Crippen LogP contribution in [0, 0.1) is 0 Å². The minimum absolute atomic E-state index is 0.0629. The maximum atomic E-state index is 12.7. The van der Waals surface area contributed by atoms with E-state index in [0.717, 1.165) is 12.8 Å². The summed E-state index contributed by atoms with van der Waals surface area (Å²) in [5.41, 5.74) is 2.00. The number of hydrogen-bond acceptors (Lipinski definition) is 3. The zero-order valence-electron chi connectivity index (χ0n) is 13.4. The van der Waals surface area contributed by atoms with Crippen molar-refractivity contribution < 1.29 is 9.53 Å². The van der Waals surface area contributed by atoms with Gasteiger partial charge in [-0.3, -0.25) is 9.78 Å². The molecule has 3 rings (SSSR count). The predicted octanol–water partition coefficient (Wildman–Crippen LogP) is 2.94. The fraction of sp³-hybridized carbons (Fsp3) is 0.368. The van der Waals surface area contributed by atoms with Crippen LogP contribution in [0.15, 0.2) is 54.9 Å². The molecule has 2 aromatic rings. The number of amides is 1. The Morgan fingerprint density at radius 2 is 1.96 bits per heavy atom. The lowest BCUT2D eigenvalue weighted by Gasteiger charge is -2.38. The molecule has 1 aliphatic rings. The molecule has 1 saturated heterocycles. The molecule has 0 radical (unpaired) electrons. The fourth-order valence-corrected chi connectivity index (χ4v) is 2.91. The SMILES string of the molecule is CC1COC(CCc2ccccc2)CN1C(=O)c1ccncc1. The summed E-state index contributed by atoms with van der Waals surface area (Å²) in [6.07, 6.45) is 5.31. The van der Waals surface area contributed by atoms with Crippen molar-refractivity contribution in [2.24, 2.45) is 0 Å². The first-order chi connectivity index (χ1) is 11.2. The number of nitrogens with zero attached hydrogens (tertiary/aromatic N) is 2. The van der Waals surface area contributed by atoms with E-state index < -0.39 is 0 Å². The quantitative estimate of drug-likeness (QED) is 0.872. The van der Waals surface area contributed by atoms with Crippen molar-refractivity contribution >= 4 is 5.91 Å². The van der Waals surface area contributed by atoms with Gasteiger partial charge in [-0.25, -0.2) is 0 Å². The first-order valence-corrected chi connectivity index (χ1v) is 8.10. The Kier molecular flexibility index (Phi) is 5.03. The third kappa shape index (κ3) is 3.96. The highest BCUT2D eigenvalue weighted by molar-refractivity contribution is 5.94. The van der Waals surface area contributed by atoms with Crippen molar-refractivity contribution in [1.82, 2.24) is 9.88 Å². The third-order valence-electron chi connectivity index (χ3n) is 4.29. The maximum Gasteiger partial charge on any atom is 0.254 e. The Hall–Kier alpha value is -2.20. The molecule has 1 amide bonds. The van der Waals surface area contributed by atoms with Crippen molar-refractivity contribution in [1.29, 1.82) is 0 Å². The van der Waals surface area contributed by atoms with Crippen LogP contribution in [-0.2, 0) is 11.2 Å². The predicted molar refractivity (Wildman–Crippen MR) is 89.2 cm³/mol. The Bertz CT molecular complexity index is 630. The zero-order valence-corrected chi connectivity index (χ0v) is 13.4. The molecular weight excluding hydrogens is 288 g/mol. The van der Waals surface area contributed by atoms with E-state index in [4.69, 9.17) is 4.74 Å². The average Bonchev–Trinajstić information content (AvgIpc) is 2.62. The summed E-state index contributed by atoms with van der Waals surface area (Å²) < 4.78 is 5.92. The van der Waals surface area contributed by atoms with E-state index in [1.807, 2.05) is 17.9 Å². The standard InChI is InChI=1S/C19H22N2O2/c1-15-14-23-18(8-7-16-5-3-2-4-6-16)13-21(15)19(22)17-9-11-20-12-10-17/h2-6,9-12,15,18H,7-8,13-14H2,1H3. The first kappa shape index (κ1) is 15.7. The topological polar surface area (TPSA) is 42.4 Å².